The van der Waals surface area contributed by atoms with E-state index >= 15 is 0 Å². The molecule has 0 radical (unpaired) electrons. The van der Waals surface area contributed by atoms with Crippen molar-refractivity contribution in [3.63, 3.8) is 0 Å². The number of alkyl carbamates (subject to hydrolysis) is 1. The molecular weight excluding hydrogens is 642 g/mol. The zero-order chi connectivity index (χ0) is 35.6. The number of carbonyl (C=O) groups excluding carboxylic acids is 4. The summed E-state index contributed by atoms with van der Waals surface area (Å²) in [5.41, 5.74) is 4.72. The van der Waals surface area contributed by atoms with Gasteiger partial charge in [0.05, 0.1) is 11.6 Å². The summed E-state index contributed by atoms with van der Waals surface area (Å²) in [4.78, 5) is 57.3. The molecule has 5 aromatic carbocycles. The number of H-pyrrole nitrogens is 1. The number of para-hydroxylation sites is 1. The lowest BCUT2D eigenvalue weighted by molar-refractivity contribution is -0.146. The number of aromatic nitrogens is 1. The topological polar surface area (TPSA) is 127 Å². The Morgan fingerprint density at radius 1 is 0.706 bits per heavy atom. The highest BCUT2D eigenvalue weighted by molar-refractivity contribution is 6.14. The number of carbonyl (C=O) groups is 4. The van der Waals surface area contributed by atoms with Gasteiger partial charge in [-0.05, 0) is 47.4 Å². The van der Waals surface area contributed by atoms with Crippen LogP contribution in [0.15, 0.2) is 140 Å². The van der Waals surface area contributed by atoms with Crippen LogP contribution in [0.5, 0.6) is 0 Å². The van der Waals surface area contributed by atoms with Crippen molar-refractivity contribution in [3.8, 4) is 0 Å². The highest BCUT2D eigenvalue weighted by Gasteiger charge is 2.27. The number of nitrogens with one attached hydrogen (secondary N) is 3. The number of amides is 2. The van der Waals surface area contributed by atoms with Crippen LogP contribution in [0.4, 0.5) is 10.5 Å². The second kappa shape index (κ2) is 16.3. The molecule has 9 heteroatoms. The molecule has 0 aliphatic heterocycles. The standard InChI is InChI=1S/C42H37N3O6/c1-28(41(48)50-26-29-13-5-2-6-14-29)32-21-22-37(35(23-32)39(46)31-17-9-4-10-18-31)44-40(47)38(24-33-25-43-36-20-12-11-19-34(33)36)45-42(49)51-27-30-15-7-3-8-16-30/h2-23,25,28,38,43H,24,26-27H2,1H3,(H,44,47)(H,45,49). The number of hydrogen-bond donors (Lipinski definition) is 3. The van der Waals surface area contributed by atoms with E-state index in [1.165, 1.54) is 0 Å². The Hall–Kier alpha value is -6.48. The molecule has 1 heterocycles. The Morgan fingerprint density at radius 3 is 2.00 bits per heavy atom. The molecule has 3 N–H and O–H groups in total. The van der Waals surface area contributed by atoms with Crippen LogP contribution >= 0.6 is 0 Å². The van der Waals surface area contributed by atoms with Gasteiger partial charge in [-0.3, -0.25) is 14.4 Å². The third kappa shape index (κ3) is 8.76. The van der Waals surface area contributed by atoms with Gasteiger partial charge >= 0.3 is 12.1 Å². The van der Waals surface area contributed by atoms with Crippen molar-refractivity contribution in [2.45, 2.75) is 38.5 Å². The van der Waals surface area contributed by atoms with Crippen LogP contribution in [-0.2, 0) is 38.7 Å². The van der Waals surface area contributed by atoms with Gasteiger partial charge in [0.2, 0.25) is 5.91 Å². The van der Waals surface area contributed by atoms with Gasteiger partial charge in [-0.2, -0.15) is 0 Å². The van der Waals surface area contributed by atoms with Crippen molar-refractivity contribution in [1.82, 2.24) is 10.3 Å². The van der Waals surface area contributed by atoms with Crippen LogP contribution in [0, 0.1) is 0 Å². The van der Waals surface area contributed by atoms with Crippen molar-refractivity contribution < 1.29 is 28.7 Å². The molecule has 0 saturated carbocycles. The number of hydrogen-bond acceptors (Lipinski definition) is 6. The van der Waals surface area contributed by atoms with E-state index in [9.17, 15) is 19.2 Å². The predicted octanol–water partition coefficient (Wildman–Crippen LogP) is 7.72. The van der Waals surface area contributed by atoms with Gasteiger partial charge < -0.3 is 25.1 Å². The molecule has 2 atom stereocenters. The van der Waals surface area contributed by atoms with Crippen molar-refractivity contribution in [2.75, 3.05) is 5.32 Å². The highest BCUT2D eigenvalue weighted by Crippen LogP contribution is 2.27. The number of rotatable bonds is 13. The summed E-state index contributed by atoms with van der Waals surface area (Å²) in [6, 6.07) is 38.8. The molecule has 0 saturated heterocycles. The Balaban J connectivity index is 1.26. The number of fused-ring (bicyclic) bond motifs is 1. The highest BCUT2D eigenvalue weighted by atomic mass is 16.5. The minimum absolute atomic E-state index is 0.0251. The summed E-state index contributed by atoms with van der Waals surface area (Å²) >= 11 is 0. The maximum Gasteiger partial charge on any atom is 0.408 e. The molecule has 51 heavy (non-hydrogen) atoms. The maximum atomic E-state index is 14.1. The van der Waals surface area contributed by atoms with Crippen molar-refractivity contribution in [1.29, 1.82) is 0 Å². The number of esters is 1. The molecule has 0 bridgehead atoms. The Labute approximate surface area is 295 Å². The molecule has 6 rings (SSSR count). The fourth-order valence-electron chi connectivity index (χ4n) is 5.72. The first kappa shape index (κ1) is 34.4. The molecule has 6 aromatic rings. The molecule has 0 aliphatic carbocycles. The Kier molecular flexibility index (Phi) is 11.0. The molecule has 0 fully saturated rings. The normalized spacial score (nSPS) is 12.0. The van der Waals surface area contributed by atoms with E-state index in [0.29, 0.717) is 11.1 Å². The molecule has 2 unspecified atom stereocenters. The van der Waals surface area contributed by atoms with E-state index < -0.39 is 29.9 Å². The third-order valence-electron chi connectivity index (χ3n) is 8.58. The average molecular weight is 680 g/mol. The van der Waals surface area contributed by atoms with Crippen LogP contribution in [0.1, 0.15) is 51.0 Å². The molecular formula is C42H37N3O6. The summed E-state index contributed by atoms with van der Waals surface area (Å²) in [5, 5.41) is 6.53. The van der Waals surface area contributed by atoms with Crippen molar-refractivity contribution in [3.05, 3.63) is 173 Å². The van der Waals surface area contributed by atoms with Crippen LogP contribution in [-0.4, -0.2) is 34.8 Å². The monoisotopic (exact) mass is 679 g/mol. The largest absolute Gasteiger partial charge is 0.460 e. The average Bonchev–Trinajstić information content (AvgIpc) is 3.59. The van der Waals surface area contributed by atoms with Gasteiger partial charge in [-0.25, -0.2) is 4.79 Å². The van der Waals surface area contributed by atoms with Crippen molar-refractivity contribution in [2.24, 2.45) is 0 Å². The first-order chi connectivity index (χ1) is 24.9. The van der Waals surface area contributed by atoms with Crippen molar-refractivity contribution >= 4 is 40.3 Å². The zero-order valence-corrected chi connectivity index (χ0v) is 28.0. The van der Waals surface area contributed by atoms with Crippen LogP contribution in [0.2, 0.25) is 0 Å². The van der Waals surface area contributed by atoms with Crippen LogP contribution in [0.3, 0.4) is 0 Å². The van der Waals surface area contributed by atoms with E-state index in [0.717, 1.165) is 27.6 Å². The summed E-state index contributed by atoms with van der Waals surface area (Å²) in [6.45, 7) is 1.85. The van der Waals surface area contributed by atoms with E-state index in [4.69, 9.17) is 9.47 Å². The summed E-state index contributed by atoms with van der Waals surface area (Å²) in [7, 11) is 0. The molecule has 2 amide bonds. The van der Waals surface area contributed by atoms with E-state index in [1.54, 1.807) is 61.7 Å². The fraction of sp³-hybridized carbons (Fsp3) is 0.143. The molecule has 0 spiro atoms. The quantitative estimate of drug-likeness (QED) is 0.0848. The zero-order valence-electron chi connectivity index (χ0n) is 28.0. The number of anilines is 1. The molecule has 0 aliphatic rings. The minimum Gasteiger partial charge on any atom is -0.460 e. The number of ether oxygens (including phenoxy) is 2. The smallest absolute Gasteiger partial charge is 0.408 e. The van der Waals surface area contributed by atoms with E-state index in [-0.39, 0.29) is 36.7 Å². The SMILES string of the molecule is CC(C(=O)OCc1ccccc1)c1ccc(NC(=O)C(Cc2c[nH]c3ccccc23)NC(=O)OCc2ccccc2)c(C(=O)c2ccccc2)c1. The number of aromatic amines is 1. The fourth-order valence-corrected chi connectivity index (χ4v) is 5.72. The van der Waals surface area contributed by atoms with Gasteiger partial charge in [0.25, 0.3) is 0 Å². The van der Waals surface area contributed by atoms with Gasteiger partial charge in [0.1, 0.15) is 19.3 Å². The van der Waals surface area contributed by atoms with E-state index in [1.807, 2.05) is 84.9 Å². The number of ketones is 1. The molecule has 9 nitrogen and oxygen atoms in total. The third-order valence-corrected chi connectivity index (χ3v) is 8.58. The molecule has 1 aromatic heterocycles. The van der Waals surface area contributed by atoms with Gasteiger partial charge in [0, 0.05) is 34.6 Å². The molecule has 256 valence electrons. The van der Waals surface area contributed by atoms with Gasteiger partial charge in [0.15, 0.2) is 5.78 Å². The first-order valence-corrected chi connectivity index (χ1v) is 16.6. The lowest BCUT2D eigenvalue weighted by Gasteiger charge is -2.20. The Morgan fingerprint density at radius 2 is 1.31 bits per heavy atom. The maximum absolute atomic E-state index is 14.1. The summed E-state index contributed by atoms with van der Waals surface area (Å²) in [6.07, 6.45) is 1.18. The lowest BCUT2D eigenvalue weighted by Crippen LogP contribution is -2.45. The van der Waals surface area contributed by atoms with E-state index in [2.05, 4.69) is 15.6 Å². The summed E-state index contributed by atoms with van der Waals surface area (Å²) in [5.74, 6) is -2.05. The predicted molar refractivity (Wildman–Crippen MR) is 195 cm³/mol. The summed E-state index contributed by atoms with van der Waals surface area (Å²) < 4.78 is 11.0. The van der Waals surface area contributed by atoms with Gasteiger partial charge in [-0.1, -0.05) is 115 Å². The Bertz CT molecular complexity index is 2130. The second-order valence-electron chi connectivity index (χ2n) is 12.1. The van der Waals surface area contributed by atoms with Crippen LogP contribution in [0.25, 0.3) is 10.9 Å². The number of benzene rings is 5. The second-order valence-corrected chi connectivity index (χ2v) is 12.1. The first-order valence-electron chi connectivity index (χ1n) is 16.6. The minimum atomic E-state index is -1.07. The van der Waals surface area contributed by atoms with Crippen LogP contribution < -0.4 is 10.6 Å². The van der Waals surface area contributed by atoms with Gasteiger partial charge in [-0.15, -0.1) is 0 Å². The lowest BCUT2D eigenvalue weighted by atomic mass is 9.94.